The third-order valence-electron chi connectivity index (χ3n) is 9.46. The Bertz CT molecular complexity index is 1190. The predicted molar refractivity (Wildman–Crippen MR) is 164 cm³/mol. The largest absolute Gasteiger partial charge is 0.493 e. The number of piperidine rings is 2. The van der Waals surface area contributed by atoms with Gasteiger partial charge in [0, 0.05) is 30.1 Å². The number of rotatable bonds is 9. The topological polar surface area (TPSA) is 54.5 Å². The Morgan fingerprint density at radius 2 is 1.56 bits per heavy atom. The predicted octanol–water partition coefficient (Wildman–Crippen LogP) is 6.14. The molecule has 2 aromatic rings. The summed E-state index contributed by atoms with van der Waals surface area (Å²) >= 11 is 12.8. The summed E-state index contributed by atoms with van der Waals surface area (Å²) in [7, 11) is 4.68. The number of methoxy groups -OCH3 is 3. The lowest BCUT2D eigenvalue weighted by molar-refractivity contribution is 0.0771. The first-order valence-electron chi connectivity index (χ1n) is 14.9. The van der Waals surface area contributed by atoms with E-state index >= 15 is 0 Å². The van der Waals surface area contributed by atoms with Gasteiger partial charge in [-0.05, 0) is 101 Å². The molecule has 0 radical (unpaired) electrons. The highest BCUT2D eigenvalue weighted by molar-refractivity contribution is 6.42. The first-order chi connectivity index (χ1) is 19.9. The molecule has 3 fully saturated rings. The first-order valence-corrected chi connectivity index (χ1v) is 15.6. The fourth-order valence-electron chi connectivity index (χ4n) is 7.01. The van der Waals surface area contributed by atoms with Crippen LogP contribution in [0.1, 0.15) is 60.9 Å². The summed E-state index contributed by atoms with van der Waals surface area (Å²) in [5, 5.41) is 1.11. The molecule has 3 aliphatic rings. The van der Waals surface area contributed by atoms with Gasteiger partial charge in [0.1, 0.15) is 0 Å². The summed E-state index contributed by atoms with van der Waals surface area (Å²) in [6, 6.07) is 10.2. The molecular formula is C32H43Cl2N3O4. The standard InChI is InChI=1S/C32H43Cl2N3O4/c1-39-28-19-23(20-29(40-2)30(28)41-3)31(38)37-18-12-32(22-37,24-7-8-26(33)27(34)21-24)11-17-35-15-9-25(10-16-35)36-13-5-4-6-14-36/h7-8,19-21,25H,4-6,9-18,22H2,1-3H3. The Morgan fingerprint density at radius 3 is 2.17 bits per heavy atom. The summed E-state index contributed by atoms with van der Waals surface area (Å²) < 4.78 is 16.5. The van der Waals surface area contributed by atoms with Gasteiger partial charge >= 0.3 is 0 Å². The highest BCUT2D eigenvalue weighted by Gasteiger charge is 2.42. The van der Waals surface area contributed by atoms with Crippen LogP contribution in [-0.4, -0.2) is 93.8 Å². The van der Waals surface area contributed by atoms with Gasteiger partial charge in [-0.25, -0.2) is 0 Å². The molecule has 0 saturated carbocycles. The van der Waals surface area contributed by atoms with Crippen molar-refractivity contribution in [2.45, 2.75) is 56.4 Å². The summed E-state index contributed by atoms with van der Waals surface area (Å²) in [5.41, 5.74) is 1.47. The molecule has 1 amide bonds. The maximum atomic E-state index is 13.8. The average molecular weight is 605 g/mol. The van der Waals surface area contributed by atoms with Crippen molar-refractivity contribution in [3.8, 4) is 17.2 Å². The van der Waals surface area contributed by atoms with Gasteiger partial charge in [-0.2, -0.15) is 0 Å². The minimum Gasteiger partial charge on any atom is -0.493 e. The molecule has 0 aromatic heterocycles. The van der Waals surface area contributed by atoms with Gasteiger partial charge < -0.3 is 28.9 Å². The molecule has 1 unspecified atom stereocenters. The van der Waals surface area contributed by atoms with Crippen LogP contribution >= 0.6 is 23.2 Å². The molecule has 0 N–H and O–H groups in total. The molecule has 1 atom stereocenters. The minimum atomic E-state index is -0.200. The Morgan fingerprint density at radius 1 is 0.878 bits per heavy atom. The number of halogens is 2. The molecule has 3 aliphatic heterocycles. The molecule has 0 spiro atoms. The normalized spacial score (nSPS) is 22.6. The highest BCUT2D eigenvalue weighted by atomic mass is 35.5. The van der Waals surface area contributed by atoms with E-state index in [2.05, 4.69) is 15.9 Å². The summed E-state index contributed by atoms with van der Waals surface area (Å²) in [6.07, 6.45) is 8.38. The molecule has 5 rings (SSSR count). The van der Waals surface area contributed by atoms with Gasteiger partial charge in [0.25, 0.3) is 5.91 Å². The Hall–Kier alpha value is -2.19. The molecule has 0 bridgehead atoms. The monoisotopic (exact) mass is 603 g/mol. The van der Waals surface area contributed by atoms with E-state index in [1.807, 2.05) is 17.0 Å². The highest BCUT2D eigenvalue weighted by Crippen LogP contribution is 2.42. The van der Waals surface area contributed by atoms with Crippen LogP contribution < -0.4 is 14.2 Å². The van der Waals surface area contributed by atoms with Crippen LogP contribution in [0.5, 0.6) is 17.2 Å². The van der Waals surface area contributed by atoms with Gasteiger partial charge in [0.15, 0.2) is 11.5 Å². The second-order valence-corrected chi connectivity index (χ2v) is 12.5. The zero-order chi connectivity index (χ0) is 29.0. The van der Waals surface area contributed by atoms with Crippen molar-refractivity contribution in [3.05, 3.63) is 51.5 Å². The summed E-state index contributed by atoms with van der Waals surface area (Å²) in [6.45, 7) is 7.07. The van der Waals surface area contributed by atoms with Crippen molar-refractivity contribution in [2.24, 2.45) is 0 Å². The smallest absolute Gasteiger partial charge is 0.254 e. The molecule has 9 heteroatoms. The van der Waals surface area contributed by atoms with Gasteiger partial charge in [-0.15, -0.1) is 0 Å². The number of carbonyl (C=O) groups excluding carboxylic acids is 1. The molecule has 3 saturated heterocycles. The third kappa shape index (κ3) is 6.58. The minimum absolute atomic E-state index is 0.0477. The zero-order valence-corrected chi connectivity index (χ0v) is 26.1. The van der Waals surface area contributed by atoms with Gasteiger partial charge in [0.2, 0.25) is 5.75 Å². The van der Waals surface area contributed by atoms with Crippen LogP contribution in [-0.2, 0) is 5.41 Å². The maximum Gasteiger partial charge on any atom is 0.254 e. The second-order valence-electron chi connectivity index (χ2n) is 11.7. The van der Waals surface area contributed by atoms with Crippen molar-refractivity contribution < 1.29 is 19.0 Å². The second kappa shape index (κ2) is 13.4. The number of ether oxygens (including phenoxy) is 3. The van der Waals surface area contributed by atoms with Gasteiger partial charge in [0.05, 0.1) is 31.4 Å². The van der Waals surface area contributed by atoms with Crippen LogP contribution in [0, 0.1) is 0 Å². The first kappa shape index (κ1) is 30.3. The summed E-state index contributed by atoms with van der Waals surface area (Å²) in [5.74, 6) is 1.37. The van der Waals surface area contributed by atoms with Crippen LogP contribution in [0.2, 0.25) is 10.0 Å². The van der Waals surface area contributed by atoms with E-state index in [1.54, 1.807) is 33.5 Å². The van der Waals surface area contributed by atoms with Gasteiger partial charge in [-0.1, -0.05) is 35.7 Å². The fourth-order valence-corrected chi connectivity index (χ4v) is 7.30. The molecule has 0 aliphatic carbocycles. The molecule has 41 heavy (non-hydrogen) atoms. The Kier molecular flexibility index (Phi) is 9.90. The molecular weight excluding hydrogens is 561 g/mol. The van der Waals surface area contributed by atoms with E-state index < -0.39 is 0 Å². The van der Waals surface area contributed by atoms with Crippen molar-refractivity contribution in [1.82, 2.24) is 14.7 Å². The molecule has 3 heterocycles. The quantitative estimate of drug-likeness (QED) is 0.343. The van der Waals surface area contributed by atoms with Crippen LogP contribution in [0.15, 0.2) is 30.3 Å². The van der Waals surface area contributed by atoms with Crippen molar-refractivity contribution >= 4 is 29.1 Å². The SMILES string of the molecule is COc1cc(C(=O)N2CCC(CCN3CCC(N4CCCCC4)CC3)(c3ccc(Cl)c(Cl)c3)C2)cc(OC)c1OC. The zero-order valence-electron chi connectivity index (χ0n) is 24.6. The summed E-state index contributed by atoms with van der Waals surface area (Å²) in [4.78, 5) is 21.1. The van der Waals surface area contributed by atoms with E-state index in [9.17, 15) is 4.79 Å². The molecule has 2 aromatic carbocycles. The number of benzene rings is 2. The fraction of sp³-hybridized carbons (Fsp3) is 0.594. The Labute approximate surface area is 254 Å². The van der Waals surface area contributed by atoms with E-state index in [4.69, 9.17) is 37.4 Å². The molecule has 7 nitrogen and oxygen atoms in total. The van der Waals surface area contributed by atoms with E-state index in [-0.39, 0.29) is 11.3 Å². The van der Waals surface area contributed by atoms with E-state index in [1.165, 1.54) is 45.2 Å². The lowest BCUT2D eigenvalue weighted by Gasteiger charge is -2.41. The Balaban J connectivity index is 1.32. The number of hydrogen-bond donors (Lipinski definition) is 0. The number of amides is 1. The van der Waals surface area contributed by atoms with Crippen molar-refractivity contribution in [1.29, 1.82) is 0 Å². The number of nitrogens with zero attached hydrogens (tertiary/aromatic N) is 3. The van der Waals surface area contributed by atoms with Crippen LogP contribution in [0.3, 0.4) is 0 Å². The lowest BCUT2D eigenvalue weighted by atomic mass is 9.76. The third-order valence-corrected chi connectivity index (χ3v) is 10.2. The van der Waals surface area contributed by atoms with Crippen molar-refractivity contribution in [3.63, 3.8) is 0 Å². The molecule has 224 valence electrons. The van der Waals surface area contributed by atoms with Crippen molar-refractivity contribution in [2.75, 3.05) is 67.1 Å². The number of carbonyl (C=O) groups is 1. The van der Waals surface area contributed by atoms with Crippen LogP contribution in [0.25, 0.3) is 0 Å². The average Bonchev–Trinajstić information content (AvgIpc) is 3.46. The van der Waals surface area contributed by atoms with E-state index in [0.29, 0.717) is 45.9 Å². The maximum absolute atomic E-state index is 13.8. The van der Waals surface area contributed by atoms with E-state index in [0.717, 1.165) is 44.1 Å². The number of hydrogen-bond acceptors (Lipinski definition) is 6. The lowest BCUT2D eigenvalue weighted by Crippen LogP contribution is -2.47. The van der Waals surface area contributed by atoms with Crippen LogP contribution in [0.4, 0.5) is 0 Å². The van der Waals surface area contributed by atoms with Gasteiger partial charge in [-0.3, -0.25) is 4.79 Å². The number of likely N-dealkylation sites (tertiary alicyclic amines) is 3.